The van der Waals surface area contributed by atoms with Crippen molar-refractivity contribution in [3.05, 3.63) is 59.7 Å². The molecule has 1 heterocycles. The monoisotopic (exact) mass is 409 g/mol. The highest BCUT2D eigenvalue weighted by Crippen LogP contribution is 2.17. The van der Waals surface area contributed by atoms with E-state index < -0.39 is 15.8 Å². The molecular formula is C20H25F2N3O2S. The van der Waals surface area contributed by atoms with Crippen LogP contribution in [0.3, 0.4) is 0 Å². The number of hydrogen-bond acceptors (Lipinski definition) is 4. The van der Waals surface area contributed by atoms with Crippen molar-refractivity contribution < 1.29 is 17.2 Å². The van der Waals surface area contributed by atoms with Crippen molar-refractivity contribution in [2.75, 3.05) is 44.2 Å². The van der Waals surface area contributed by atoms with Crippen molar-refractivity contribution in [3.63, 3.8) is 0 Å². The molecule has 3 rings (SSSR count). The van der Waals surface area contributed by atoms with Gasteiger partial charge in [-0.25, -0.2) is 21.9 Å². The zero-order valence-electron chi connectivity index (χ0n) is 15.9. The standard InChI is InChI=1S/C20H25F2N3O2S/c1-16-15-19(7-8-20(16)22)28(26,27)23-9-2-10-24-11-13-25(14-12-24)18-5-3-17(21)4-6-18/h3-8,15,23H,2,9-14H2,1H3. The lowest BCUT2D eigenvalue weighted by Crippen LogP contribution is -2.47. The maximum absolute atomic E-state index is 13.3. The van der Waals surface area contributed by atoms with Crippen molar-refractivity contribution in [1.82, 2.24) is 9.62 Å². The third-order valence-corrected chi connectivity index (χ3v) is 6.41. The van der Waals surface area contributed by atoms with Crippen LogP contribution in [-0.2, 0) is 10.0 Å². The van der Waals surface area contributed by atoms with Crippen molar-refractivity contribution in [2.24, 2.45) is 0 Å². The topological polar surface area (TPSA) is 52.7 Å². The molecule has 0 spiro atoms. The first-order chi connectivity index (χ1) is 13.3. The molecule has 28 heavy (non-hydrogen) atoms. The van der Waals surface area contributed by atoms with Crippen molar-refractivity contribution >= 4 is 15.7 Å². The molecule has 0 bridgehead atoms. The number of rotatable bonds is 7. The van der Waals surface area contributed by atoms with E-state index in [2.05, 4.69) is 14.5 Å². The zero-order valence-corrected chi connectivity index (χ0v) is 16.7. The Morgan fingerprint density at radius 1 is 1.00 bits per heavy atom. The lowest BCUT2D eigenvalue weighted by molar-refractivity contribution is 0.255. The maximum Gasteiger partial charge on any atom is 0.240 e. The number of piperazine rings is 1. The van der Waals surface area contributed by atoms with E-state index in [9.17, 15) is 17.2 Å². The van der Waals surface area contributed by atoms with E-state index in [1.807, 2.05) is 0 Å². The summed E-state index contributed by atoms with van der Waals surface area (Å²) in [5.41, 5.74) is 1.32. The molecule has 2 aromatic carbocycles. The molecule has 1 fully saturated rings. The molecule has 5 nitrogen and oxygen atoms in total. The first-order valence-electron chi connectivity index (χ1n) is 9.34. The average molecular weight is 410 g/mol. The second kappa shape index (κ2) is 8.98. The molecule has 1 saturated heterocycles. The van der Waals surface area contributed by atoms with Gasteiger partial charge in [-0.3, -0.25) is 4.90 Å². The Labute approximate surface area is 165 Å². The summed E-state index contributed by atoms with van der Waals surface area (Å²) in [6.45, 7) is 6.13. The number of benzene rings is 2. The molecule has 152 valence electrons. The normalized spacial score (nSPS) is 15.8. The van der Waals surface area contributed by atoms with E-state index in [-0.39, 0.29) is 10.7 Å². The fourth-order valence-corrected chi connectivity index (χ4v) is 4.42. The first kappa shape index (κ1) is 20.7. The molecule has 0 saturated carbocycles. The van der Waals surface area contributed by atoms with E-state index in [0.717, 1.165) is 38.4 Å². The van der Waals surface area contributed by atoms with Crippen molar-refractivity contribution in [2.45, 2.75) is 18.2 Å². The van der Waals surface area contributed by atoms with Crippen LogP contribution in [-0.4, -0.2) is 52.6 Å². The molecule has 0 radical (unpaired) electrons. The lowest BCUT2D eigenvalue weighted by Gasteiger charge is -2.36. The molecule has 0 aliphatic carbocycles. The summed E-state index contributed by atoms with van der Waals surface area (Å²) in [4.78, 5) is 4.59. The van der Waals surface area contributed by atoms with Crippen molar-refractivity contribution in [3.8, 4) is 0 Å². The van der Waals surface area contributed by atoms with Crippen LogP contribution in [0.2, 0.25) is 0 Å². The van der Waals surface area contributed by atoms with E-state index >= 15 is 0 Å². The van der Waals surface area contributed by atoms with E-state index in [0.29, 0.717) is 18.5 Å². The lowest BCUT2D eigenvalue weighted by atomic mass is 10.2. The largest absolute Gasteiger partial charge is 0.369 e. The van der Waals surface area contributed by atoms with Gasteiger partial charge in [-0.1, -0.05) is 0 Å². The predicted octanol–water partition coefficient (Wildman–Crippen LogP) is 2.76. The quantitative estimate of drug-likeness (QED) is 0.715. The predicted molar refractivity (Wildman–Crippen MR) is 106 cm³/mol. The van der Waals surface area contributed by atoms with Gasteiger partial charge >= 0.3 is 0 Å². The summed E-state index contributed by atoms with van der Waals surface area (Å²) in [7, 11) is -3.62. The Kier molecular flexibility index (Phi) is 6.64. The fourth-order valence-electron chi connectivity index (χ4n) is 3.26. The van der Waals surface area contributed by atoms with Gasteiger partial charge in [0.1, 0.15) is 11.6 Å². The molecular weight excluding hydrogens is 384 g/mol. The van der Waals surface area contributed by atoms with Gasteiger partial charge in [0.25, 0.3) is 0 Å². The van der Waals surface area contributed by atoms with Gasteiger partial charge in [0.15, 0.2) is 0 Å². The summed E-state index contributed by atoms with van der Waals surface area (Å²) in [6.07, 6.45) is 0.690. The van der Waals surface area contributed by atoms with Gasteiger partial charge in [0.05, 0.1) is 4.90 Å². The fraction of sp³-hybridized carbons (Fsp3) is 0.400. The minimum atomic E-state index is -3.62. The van der Waals surface area contributed by atoms with Gasteiger partial charge in [0.2, 0.25) is 10.0 Å². The molecule has 0 amide bonds. The Bertz CT molecular complexity index is 896. The Morgan fingerprint density at radius 2 is 1.68 bits per heavy atom. The van der Waals surface area contributed by atoms with Crippen LogP contribution < -0.4 is 9.62 Å². The Morgan fingerprint density at radius 3 is 2.32 bits per heavy atom. The van der Waals surface area contributed by atoms with Gasteiger partial charge in [-0.15, -0.1) is 0 Å². The zero-order chi connectivity index (χ0) is 20.1. The summed E-state index contributed by atoms with van der Waals surface area (Å²) < 4.78 is 53.5. The van der Waals surface area contributed by atoms with Crippen LogP contribution in [0.4, 0.5) is 14.5 Å². The molecule has 2 aromatic rings. The molecule has 0 aromatic heterocycles. The number of nitrogens with zero attached hydrogens (tertiary/aromatic N) is 2. The van der Waals surface area contributed by atoms with Gasteiger partial charge in [0, 0.05) is 38.4 Å². The van der Waals surface area contributed by atoms with Gasteiger partial charge < -0.3 is 4.90 Å². The maximum atomic E-state index is 13.3. The molecule has 1 N–H and O–H groups in total. The van der Waals surface area contributed by atoms with Crippen LogP contribution in [0, 0.1) is 18.6 Å². The number of halogens is 2. The highest BCUT2D eigenvalue weighted by Gasteiger charge is 2.18. The second-order valence-corrected chi connectivity index (χ2v) is 8.73. The van der Waals surface area contributed by atoms with Gasteiger partial charge in [-0.05, 0) is 67.9 Å². The van der Waals surface area contributed by atoms with Crippen LogP contribution in [0.1, 0.15) is 12.0 Å². The van der Waals surface area contributed by atoms with E-state index in [1.165, 1.54) is 30.3 Å². The number of hydrogen-bond donors (Lipinski definition) is 1. The SMILES string of the molecule is Cc1cc(S(=O)(=O)NCCCN2CCN(c3ccc(F)cc3)CC2)ccc1F. The summed E-state index contributed by atoms with van der Waals surface area (Å²) in [5.74, 6) is -0.653. The van der Waals surface area contributed by atoms with E-state index in [1.54, 1.807) is 19.1 Å². The van der Waals surface area contributed by atoms with Crippen LogP contribution in [0.5, 0.6) is 0 Å². The highest BCUT2D eigenvalue weighted by molar-refractivity contribution is 7.89. The molecule has 8 heteroatoms. The minimum Gasteiger partial charge on any atom is -0.369 e. The summed E-state index contributed by atoms with van der Waals surface area (Å²) >= 11 is 0. The highest BCUT2D eigenvalue weighted by atomic mass is 32.2. The minimum absolute atomic E-state index is 0.0827. The first-order valence-corrected chi connectivity index (χ1v) is 10.8. The number of nitrogens with one attached hydrogen (secondary N) is 1. The number of sulfonamides is 1. The third-order valence-electron chi connectivity index (χ3n) is 4.95. The Hall–Kier alpha value is -2.03. The molecule has 1 aliphatic heterocycles. The molecule has 1 aliphatic rings. The van der Waals surface area contributed by atoms with Crippen LogP contribution in [0.25, 0.3) is 0 Å². The summed E-state index contributed by atoms with van der Waals surface area (Å²) in [5, 5.41) is 0. The van der Waals surface area contributed by atoms with Crippen LogP contribution >= 0.6 is 0 Å². The number of aryl methyl sites for hydroxylation is 1. The average Bonchev–Trinajstić information content (AvgIpc) is 2.68. The van der Waals surface area contributed by atoms with E-state index in [4.69, 9.17) is 0 Å². The van der Waals surface area contributed by atoms with Crippen molar-refractivity contribution in [1.29, 1.82) is 0 Å². The Balaban J connectivity index is 1.41. The smallest absolute Gasteiger partial charge is 0.240 e. The third kappa shape index (κ3) is 5.27. The second-order valence-electron chi connectivity index (χ2n) is 6.97. The molecule has 0 unspecified atom stereocenters. The van der Waals surface area contributed by atoms with Crippen LogP contribution in [0.15, 0.2) is 47.4 Å². The van der Waals surface area contributed by atoms with Gasteiger partial charge in [-0.2, -0.15) is 0 Å². The number of anilines is 1. The molecule has 0 atom stereocenters. The summed E-state index contributed by atoms with van der Waals surface area (Å²) in [6, 6.07) is 10.3.